The molecule has 1 aromatic rings. The van der Waals surface area contributed by atoms with Crippen LogP contribution in [0.5, 0.6) is 5.75 Å². The molecule has 0 bridgehead atoms. The average molecular weight is 233 g/mol. The van der Waals surface area contributed by atoms with Gasteiger partial charge in [0.15, 0.2) is 0 Å². The topological polar surface area (TPSA) is 21.3 Å². The van der Waals surface area contributed by atoms with E-state index in [1.54, 1.807) is 7.11 Å². The molecule has 2 heteroatoms. The van der Waals surface area contributed by atoms with Gasteiger partial charge in [-0.1, -0.05) is 26.0 Å². The van der Waals surface area contributed by atoms with E-state index in [-0.39, 0.29) is 0 Å². The van der Waals surface area contributed by atoms with Crippen molar-refractivity contribution in [2.24, 2.45) is 0 Å². The second kappa shape index (κ2) is 5.54. The molecule has 2 rings (SSSR count). The van der Waals surface area contributed by atoms with Crippen LogP contribution in [-0.4, -0.2) is 20.2 Å². The lowest BCUT2D eigenvalue weighted by atomic mass is 9.88. The van der Waals surface area contributed by atoms with Gasteiger partial charge in [0.1, 0.15) is 5.75 Å². The molecule has 0 aromatic heterocycles. The van der Waals surface area contributed by atoms with E-state index < -0.39 is 0 Å². The molecule has 0 saturated carbocycles. The molecular formula is C15H23NO. The smallest absolute Gasteiger partial charge is 0.122 e. The third kappa shape index (κ3) is 2.81. The van der Waals surface area contributed by atoms with Crippen LogP contribution in [-0.2, 0) is 0 Å². The molecule has 1 N–H and O–H groups in total. The van der Waals surface area contributed by atoms with E-state index in [0.29, 0.717) is 11.8 Å². The second-order valence-corrected chi connectivity index (χ2v) is 5.20. The monoisotopic (exact) mass is 233 g/mol. The van der Waals surface area contributed by atoms with Gasteiger partial charge in [0, 0.05) is 6.54 Å². The highest BCUT2D eigenvalue weighted by atomic mass is 16.5. The summed E-state index contributed by atoms with van der Waals surface area (Å²) >= 11 is 0. The van der Waals surface area contributed by atoms with Gasteiger partial charge in [0.25, 0.3) is 0 Å². The molecule has 1 atom stereocenters. The lowest BCUT2D eigenvalue weighted by Gasteiger charge is -2.24. The van der Waals surface area contributed by atoms with Crippen molar-refractivity contribution in [3.05, 3.63) is 29.3 Å². The fraction of sp³-hybridized carbons (Fsp3) is 0.600. The van der Waals surface area contributed by atoms with Crippen LogP contribution in [0.4, 0.5) is 0 Å². The Bertz CT molecular complexity index is 367. The molecule has 1 aromatic carbocycles. The van der Waals surface area contributed by atoms with Crippen LogP contribution in [0.3, 0.4) is 0 Å². The first-order valence-electron chi connectivity index (χ1n) is 6.61. The Hall–Kier alpha value is -1.02. The van der Waals surface area contributed by atoms with Crippen molar-refractivity contribution in [3.63, 3.8) is 0 Å². The van der Waals surface area contributed by atoms with Crippen LogP contribution in [0.25, 0.3) is 0 Å². The van der Waals surface area contributed by atoms with Gasteiger partial charge in [0.05, 0.1) is 7.11 Å². The summed E-state index contributed by atoms with van der Waals surface area (Å²) in [6.07, 6.45) is 2.59. The number of ether oxygens (including phenoxy) is 1. The third-order valence-corrected chi connectivity index (χ3v) is 3.64. The van der Waals surface area contributed by atoms with Crippen LogP contribution < -0.4 is 10.1 Å². The molecule has 1 aliphatic heterocycles. The summed E-state index contributed by atoms with van der Waals surface area (Å²) in [6, 6.07) is 6.68. The Kier molecular flexibility index (Phi) is 4.06. The van der Waals surface area contributed by atoms with E-state index >= 15 is 0 Å². The zero-order valence-corrected chi connectivity index (χ0v) is 11.1. The van der Waals surface area contributed by atoms with Crippen molar-refractivity contribution in [2.75, 3.05) is 20.2 Å². The van der Waals surface area contributed by atoms with Crippen LogP contribution in [0.1, 0.15) is 49.7 Å². The van der Waals surface area contributed by atoms with E-state index in [4.69, 9.17) is 4.74 Å². The molecule has 2 nitrogen and oxygen atoms in total. The van der Waals surface area contributed by atoms with E-state index in [2.05, 4.69) is 37.4 Å². The first-order valence-corrected chi connectivity index (χ1v) is 6.61. The van der Waals surface area contributed by atoms with Gasteiger partial charge >= 0.3 is 0 Å². The zero-order valence-electron chi connectivity index (χ0n) is 11.1. The largest absolute Gasteiger partial charge is 0.496 e. The maximum atomic E-state index is 5.43. The number of benzene rings is 1. The molecule has 1 saturated heterocycles. The maximum absolute atomic E-state index is 5.43. The number of piperidine rings is 1. The van der Waals surface area contributed by atoms with E-state index in [9.17, 15) is 0 Å². The predicted octanol–water partition coefficient (Wildman–Crippen LogP) is 3.29. The van der Waals surface area contributed by atoms with Crippen LogP contribution in [0.15, 0.2) is 18.2 Å². The number of hydrogen-bond acceptors (Lipinski definition) is 2. The highest BCUT2D eigenvalue weighted by molar-refractivity contribution is 5.40. The fourth-order valence-corrected chi connectivity index (χ4v) is 2.59. The summed E-state index contributed by atoms with van der Waals surface area (Å²) in [5.74, 6) is 2.21. The van der Waals surface area contributed by atoms with Crippen LogP contribution >= 0.6 is 0 Å². The molecule has 1 unspecified atom stereocenters. The van der Waals surface area contributed by atoms with Crippen molar-refractivity contribution >= 4 is 0 Å². The molecule has 1 heterocycles. The van der Waals surface area contributed by atoms with Crippen molar-refractivity contribution < 1.29 is 4.74 Å². The molecule has 0 spiro atoms. The standard InChI is InChI=1S/C15H23NO/c1-11(2)14-9-12(6-7-15(14)17-3)13-5-4-8-16-10-13/h6-7,9,11,13,16H,4-5,8,10H2,1-3H3. The summed E-state index contributed by atoms with van der Waals surface area (Å²) in [7, 11) is 1.75. The van der Waals surface area contributed by atoms with Gasteiger partial charge in [-0.2, -0.15) is 0 Å². The summed E-state index contributed by atoms with van der Waals surface area (Å²) in [5.41, 5.74) is 2.79. The van der Waals surface area contributed by atoms with Gasteiger partial charge in [-0.05, 0) is 48.4 Å². The minimum absolute atomic E-state index is 0.515. The van der Waals surface area contributed by atoms with Crippen LogP contribution in [0, 0.1) is 0 Å². The normalized spacial score (nSPS) is 20.6. The second-order valence-electron chi connectivity index (χ2n) is 5.20. The summed E-state index contributed by atoms with van der Waals surface area (Å²) in [5, 5.41) is 3.48. The average Bonchev–Trinajstić information content (AvgIpc) is 2.39. The van der Waals surface area contributed by atoms with Gasteiger partial charge in [-0.15, -0.1) is 0 Å². The summed E-state index contributed by atoms with van der Waals surface area (Å²) in [6.45, 7) is 6.73. The quantitative estimate of drug-likeness (QED) is 0.865. The van der Waals surface area contributed by atoms with E-state index in [0.717, 1.165) is 12.3 Å². The van der Waals surface area contributed by atoms with Crippen molar-refractivity contribution in [1.82, 2.24) is 5.32 Å². The van der Waals surface area contributed by atoms with Gasteiger partial charge in [-0.3, -0.25) is 0 Å². The number of hydrogen-bond donors (Lipinski definition) is 1. The first-order chi connectivity index (χ1) is 8.22. The molecule has 94 valence electrons. The van der Waals surface area contributed by atoms with Crippen molar-refractivity contribution in [3.8, 4) is 5.75 Å². The van der Waals surface area contributed by atoms with Crippen molar-refractivity contribution in [1.29, 1.82) is 0 Å². The number of rotatable bonds is 3. The maximum Gasteiger partial charge on any atom is 0.122 e. The highest BCUT2D eigenvalue weighted by Gasteiger charge is 2.17. The molecule has 1 fully saturated rings. The van der Waals surface area contributed by atoms with Crippen molar-refractivity contribution in [2.45, 2.75) is 38.5 Å². The lowest BCUT2D eigenvalue weighted by molar-refractivity contribution is 0.406. The van der Waals surface area contributed by atoms with E-state index in [1.807, 2.05) is 0 Å². The van der Waals surface area contributed by atoms with Gasteiger partial charge < -0.3 is 10.1 Å². The molecule has 0 radical (unpaired) electrons. The highest BCUT2D eigenvalue weighted by Crippen LogP contribution is 2.31. The molecule has 0 amide bonds. The lowest BCUT2D eigenvalue weighted by Crippen LogP contribution is -2.28. The Morgan fingerprint density at radius 1 is 1.35 bits per heavy atom. The summed E-state index contributed by atoms with van der Waals surface area (Å²) < 4.78 is 5.43. The number of methoxy groups -OCH3 is 1. The molecular weight excluding hydrogens is 210 g/mol. The fourth-order valence-electron chi connectivity index (χ4n) is 2.59. The minimum atomic E-state index is 0.515. The summed E-state index contributed by atoms with van der Waals surface area (Å²) in [4.78, 5) is 0. The number of nitrogens with one attached hydrogen (secondary N) is 1. The Morgan fingerprint density at radius 2 is 2.18 bits per heavy atom. The minimum Gasteiger partial charge on any atom is -0.496 e. The predicted molar refractivity (Wildman–Crippen MR) is 71.9 cm³/mol. The Morgan fingerprint density at radius 3 is 2.76 bits per heavy atom. The zero-order chi connectivity index (χ0) is 12.3. The molecule has 0 aliphatic carbocycles. The Balaban J connectivity index is 2.26. The third-order valence-electron chi connectivity index (χ3n) is 3.64. The van der Waals surface area contributed by atoms with Crippen LogP contribution in [0.2, 0.25) is 0 Å². The molecule has 1 aliphatic rings. The first kappa shape index (κ1) is 12.4. The Labute approximate surface area is 104 Å². The molecule has 17 heavy (non-hydrogen) atoms. The van der Waals surface area contributed by atoms with Gasteiger partial charge in [-0.25, -0.2) is 0 Å². The van der Waals surface area contributed by atoms with E-state index in [1.165, 1.54) is 30.5 Å². The van der Waals surface area contributed by atoms with Gasteiger partial charge in [0.2, 0.25) is 0 Å². The SMILES string of the molecule is COc1ccc(C2CCCNC2)cc1C(C)C.